The molecule has 2 aliphatic heterocycles. The van der Waals surface area contributed by atoms with Crippen LogP contribution in [0.1, 0.15) is 58.3 Å². The number of hydrogen-bond acceptors (Lipinski definition) is 2. The first kappa shape index (κ1) is 11.0. The molecular formula is C13H24N2. The van der Waals surface area contributed by atoms with Crippen LogP contribution in [0, 0.1) is 0 Å². The molecule has 0 radical (unpaired) electrons. The highest BCUT2D eigenvalue weighted by molar-refractivity contribution is 5.85. The lowest BCUT2D eigenvalue weighted by Crippen LogP contribution is -2.36. The Labute approximate surface area is 93.8 Å². The van der Waals surface area contributed by atoms with Gasteiger partial charge in [0.1, 0.15) is 0 Å². The van der Waals surface area contributed by atoms with Crippen LogP contribution >= 0.6 is 0 Å². The third-order valence-corrected chi connectivity index (χ3v) is 3.72. The van der Waals surface area contributed by atoms with E-state index in [1.165, 1.54) is 63.7 Å². The van der Waals surface area contributed by atoms with Gasteiger partial charge in [-0.15, -0.1) is 0 Å². The minimum Gasteiger partial charge on any atom is -0.357 e. The van der Waals surface area contributed by atoms with Crippen LogP contribution < -0.4 is 0 Å². The highest BCUT2D eigenvalue weighted by Gasteiger charge is 2.29. The maximum atomic E-state index is 4.63. The first-order valence-electron chi connectivity index (χ1n) is 6.72. The molecule has 86 valence electrons. The van der Waals surface area contributed by atoms with Crippen molar-refractivity contribution < 1.29 is 0 Å². The Kier molecular flexibility index (Phi) is 4.04. The Bertz CT molecular complexity index is 223. The topological polar surface area (TPSA) is 15.6 Å². The van der Waals surface area contributed by atoms with Gasteiger partial charge in [-0.2, -0.15) is 0 Å². The van der Waals surface area contributed by atoms with Crippen LogP contribution in [0.2, 0.25) is 0 Å². The number of unbranched alkanes of at least 4 members (excludes halogenated alkanes) is 3. The predicted octanol–water partition coefficient (Wildman–Crippen LogP) is 3.22. The Balaban J connectivity index is 1.74. The van der Waals surface area contributed by atoms with Gasteiger partial charge in [0.2, 0.25) is 0 Å². The van der Waals surface area contributed by atoms with Gasteiger partial charge in [0.25, 0.3) is 0 Å². The zero-order chi connectivity index (χ0) is 10.5. The summed E-state index contributed by atoms with van der Waals surface area (Å²) in [6.07, 6.45) is 10.9. The molecule has 2 aliphatic rings. The normalized spacial score (nSPS) is 25.3. The van der Waals surface area contributed by atoms with Crippen LogP contribution in [0.15, 0.2) is 4.99 Å². The molecule has 0 aromatic carbocycles. The summed E-state index contributed by atoms with van der Waals surface area (Å²) in [5.74, 6) is 1.42. The fraction of sp³-hybridized carbons (Fsp3) is 0.923. The van der Waals surface area contributed by atoms with Crippen LogP contribution in [0.4, 0.5) is 0 Å². The number of fused-ring (bicyclic) bond motifs is 1. The summed E-state index contributed by atoms with van der Waals surface area (Å²) in [6.45, 7) is 4.64. The van der Waals surface area contributed by atoms with Gasteiger partial charge in [-0.05, 0) is 19.3 Å². The molecule has 1 atom stereocenters. The third-order valence-electron chi connectivity index (χ3n) is 3.72. The van der Waals surface area contributed by atoms with Gasteiger partial charge in [-0.1, -0.05) is 32.6 Å². The second-order valence-electron chi connectivity index (χ2n) is 4.89. The first-order chi connectivity index (χ1) is 7.42. The molecule has 0 spiro atoms. The van der Waals surface area contributed by atoms with Gasteiger partial charge in [0.05, 0.1) is 5.84 Å². The van der Waals surface area contributed by atoms with E-state index in [1.54, 1.807) is 0 Å². The van der Waals surface area contributed by atoms with E-state index in [4.69, 9.17) is 0 Å². The first-order valence-corrected chi connectivity index (χ1v) is 6.72. The lowest BCUT2D eigenvalue weighted by atomic mass is 10.1. The highest BCUT2D eigenvalue weighted by Crippen LogP contribution is 2.26. The molecular weight excluding hydrogens is 184 g/mol. The van der Waals surface area contributed by atoms with Crippen molar-refractivity contribution in [1.82, 2.24) is 4.90 Å². The van der Waals surface area contributed by atoms with Crippen molar-refractivity contribution in [1.29, 1.82) is 0 Å². The van der Waals surface area contributed by atoms with E-state index in [0.29, 0.717) is 0 Å². The van der Waals surface area contributed by atoms with E-state index in [1.807, 2.05) is 0 Å². The maximum absolute atomic E-state index is 4.63. The second-order valence-corrected chi connectivity index (χ2v) is 4.89. The lowest BCUT2D eigenvalue weighted by Gasteiger charge is -2.29. The average molecular weight is 208 g/mol. The molecule has 2 heteroatoms. The summed E-state index contributed by atoms with van der Waals surface area (Å²) >= 11 is 0. The lowest BCUT2D eigenvalue weighted by molar-refractivity contribution is 0.300. The van der Waals surface area contributed by atoms with E-state index in [-0.39, 0.29) is 0 Å². The minimum atomic E-state index is 0.834. The zero-order valence-corrected chi connectivity index (χ0v) is 10.0. The highest BCUT2D eigenvalue weighted by atomic mass is 15.2. The summed E-state index contributed by atoms with van der Waals surface area (Å²) in [5, 5.41) is 0. The quantitative estimate of drug-likeness (QED) is 0.633. The Morgan fingerprint density at radius 2 is 2.27 bits per heavy atom. The number of aliphatic imine (C=N–C) groups is 1. The third kappa shape index (κ3) is 2.73. The van der Waals surface area contributed by atoms with E-state index in [9.17, 15) is 0 Å². The second kappa shape index (κ2) is 5.53. The van der Waals surface area contributed by atoms with E-state index in [0.717, 1.165) is 12.6 Å². The van der Waals surface area contributed by atoms with Crippen LogP contribution in [0.5, 0.6) is 0 Å². The summed E-state index contributed by atoms with van der Waals surface area (Å²) in [6, 6.07) is 0.834. The largest absolute Gasteiger partial charge is 0.357 e. The molecule has 1 fully saturated rings. The molecule has 0 aromatic rings. The van der Waals surface area contributed by atoms with Crippen molar-refractivity contribution in [2.24, 2.45) is 4.99 Å². The molecule has 0 N–H and O–H groups in total. The maximum Gasteiger partial charge on any atom is 0.0992 e. The Morgan fingerprint density at radius 3 is 3.13 bits per heavy atom. The van der Waals surface area contributed by atoms with Crippen molar-refractivity contribution in [2.45, 2.75) is 64.3 Å². The minimum absolute atomic E-state index is 0.834. The SMILES string of the molecule is CCCCCCC1CCC2=NCCCN21. The van der Waals surface area contributed by atoms with Gasteiger partial charge in [-0.3, -0.25) is 4.99 Å². The smallest absolute Gasteiger partial charge is 0.0992 e. The number of hydrogen-bond donors (Lipinski definition) is 0. The molecule has 0 amide bonds. The van der Waals surface area contributed by atoms with Crippen molar-refractivity contribution in [3.63, 3.8) is 0 Å². The predicted molar refractivity (Wildman–Crippen MR) is 65.4 cm³/mol. The van der Waals surface area contributed by atoms with Crippen molar-refractivity contribution in [2.75, 3.05) is 13.1 Å². The average Bonchev–Trinajstić information content (AvgIpc) is 2.68. The Hall–Kier alpha value is -0.530. The molecule has 0 aromatic heterocycles. The van der Waals surface area contributed by atoms with Gasteiger partial charge in [0, 0.05) is 25.6 Å². The van der Waals surface area contributed by atoms with Crippen LogP contribution in [-0.2, 0) is 0 Å². The standard InChI is InChI=1S/C13H24N2/c1-2-3-4-5-7-12-8-9-13-14-10-6-11-15(12)13/h12H,2-11H2,1H3. The van der Waals surface area contributed by atoms with Crippen LogP contribution in [0.25, 0.3) is 0 Å². The van der Waals surface area contributed by atoms with Crippen LogP contribution in [-0.4, -0.2) is 29.9 Å². The van der Waals surface area contributed by atoms with E-state index >= 15 is 0 Å². The molecule has 2 rings (SSSR count). The fourth-order valence-corrected chi connectivity index (χ4v) is 2.84. The molecule has 0 saturated carbocycles. The summed E-state index contributed by atoms with van der Waals surface area (Å²) in [7, 11) is 0. The summed E-state index contributed by atoms with van der Waals surface area (Å²) in [4.78, 5) is 7.22. The van der Waals surface area contributed by atoms with Gasteiger partial charge in [0.15, 0.2) is 0 Å². The van der Waals surface area contributed by atoms with Crippen molar-refractivity contribution >= 4 is 5.84 Å². The van der Waals surface area contributed by atoms with Crippen LogP contribution in [0.3, 0.4) is 0 Å². The zero-order valence-electron chi connectivity index (χ0n) is 10.0. The number of nitrogens with zero attached hydrogens (tertiary/aromatic N) is 2. The van der Waals surface area contributed by atoms with E-state index in [2.05, 4.69) is 16.8 Å². The van der Waals surface area contributed by atoms with E-state index < -0.39 is 0 Å². The molecule has 0 bridgehead atoms. The van der Waals surface area contributed by atoms with Crippen molar-refractivity contribution in [3.05, 3.63) is 0 Å². The molecule has 2 heterocycles. The molecule has 15 heavy (non-hydrogen) atoms. The van der Waals surface area contributed by atoms with Gasteiger partial charge >= 0.3 is 0 Å². The molecule has 1 saturated heterocycles. The van der Waals surface area contributed by atoms with Crippen molar-refractivity contribution in [3.8, 4) is 0 Å². The molecule has 0 aliphatic carbocycles. The number of amidine groups is 1. The molecule has 2 nitrogen and oxygen atoms in total. The fourth-order valence-electron chi connectivity index (χ4n) is 2.84. The van der Waals surface area contributed by atoms with Gasteiger partial charge in [-0.25, -0.2) is 0 Å². The van der Waals surface area contributed by atoms with Gasteiger partial charge < -0.3 is 4.90 Å². The molecule has 1 unspecified atom stereocenters. The monoisotopic (exact) mass is 208 g/mol. The Morgan fingerprint density at radius 1 is 1.33 bits per heavy atom. The summed E-state index contributed by atoms with van der Waals surface area (Å²) in [5.41, 5.74) is 0. The number of rotatable bonds is 5. The summed E-state index contributed by atoms with van der Waals surface area (Å²) < 4.78 is 0.